The van der Waals surface area contributed by atoms with E-state index in [0.717, 1.165) is 22.0 Å². The van der Waals surface area contributed by atoms with Gasteiger partial charge in [0.2, 0.25) is 0 Å². The van der Waals surface area contributed by atoms with Crippen molar-refractivity contribution in [2.24, 2.45) is 5.92 Å². The number of amides is 1. The lowest BCUT2D eigenvalue weighted by Crippen LogP contribution is -2.41. The van der Waals surface area contributed by atoms with Crippen LogP contribution in [-0.2, 0) is 0 Å². The number of carbonyl (C=O) groups is 1. The molecule has 3 aromatic rings. The van der Waals surface area contributed by atoms with Gasteiger partial charge >= 0.3 is 0 Å². The predicted octanol–water partition coefficient (Wildman–Crippen LogP) is 3.72. The minimum atomic E-state index is -0.281. The molecule has 1 unspecified atom stereocenters. The van der Waals surface area contributed by atoms with E-state index < -0.39 is 0 Å². The van der Waals surface area contributed by atoms with Crippen molar-refractivity contribution in [2.75, 3.05) is 6.61 Å². The standard InChI is InChI=1S/C20H21FN2O2/c1-12(2)19(11-24)23-20(25)14-5-3-13(4-6-14)17-10-22-18-9-15(21)7-8-16(17)18/h3-10,12,19,22,24H,11H2,1-2H3,(H,23,25). The largest absolute Gasteiger partial charge is 0.394 e. The van der Waals surface area contributed by atoms with Crippen LogP contribution in [0.25, 0.3) is 22.0 Å². The average Bonchev–Trinajstić information content (AvgIpc) is 3.02. The zero-order valence-electron chi connectivity index (χ0n) is 14.2. The smallest absolute Gasteiger partial charge is 0.251 e. The van der Waals surface area contributed by atoms with Gasteiger partial charge in [-0.25, -0.2) is 4.39 Å². The summed E-state index contributed by atoms with van der Waals surface area (Å²) in [5, 5.41) is 13.1. The van der Waals surface area contributed by atoms with Crippen LogP contribution >= 0.6 is 0 Å². The zero-order valence-corrected chi connectivity index (χ0v) is 14.2. The lowest BCUT2D eigenvalue weighted by Gasteiger charge is -2.19. The zero-order chi connectivity index (χ0) is 18.0. The van der Waals surface area contributed by atoms with Crippen molar-refractivity contribution in [3.8, 4) is 11.1 Å². The fourth-order valence-corrected chi connectivity index (χ4v) is 2.81. The number of aliphatic hydroxyl groups is 1. The Balaban J connectivity index is 1.83. The molecule has 1 aromatic heterocycles. The molecule has 1 atom stereocenters. The fourth-order valence-electron chi connectivity index (χ4n) is 2.81. The molecule has 0 spiro atoms. The van der Waals surface area contributed by atoms with Gasteiger partial charge in [-0.1, -0.05) is 26.0 Å². The number of hydrogen-bond acceptors (Lipinski definition) is 2. The SMILES string of the molecule is CC(C)C(CO)NC(=O)c1ccc(-c2c[nH]c3cc(F)ccc23)cc1. The Hall–Kier alpha value is -2.66. The molecule has 0 saturated carbocycles. The number of aromatic nitrogens is 1. The number of rotatable bonds is 5. The monoisotopic (exact) mass is 340 g/mol. The molecule has 1 heterocycles. The maximum atomic E-state index is 13.3. The van der Waals surface area contributed by atoms with E-state index in [1.54, 1.807) is 18.2 Å². The second-order valence-corrected chi connectivity index (χ2v) is 6.48. The summed E-state index contributed by atoms with van der Waals surface area (Å²) < 4.78 is 13.3. The molecule has 0 fully saturated rings. The first-order chi connectivity index (χ1) is 12.0. The molecule has 130 valence electrons. The molecule has 0 aliphatic heterocycles. The van der Waals surface area contributed by atoms with E-state index >= 15 is 0 Å². The Morgan fingerprint density at radius 3 is 2.56 bits per heavy atom. The third kappa shape index (κ3) is 3.56. The van der Waals surface area contributed by atoms with Crippen molar-refractivity contribution < 1.29 is 14.3 Å². The number of fused-ring (bicyclic) bond motifs is 1. The van der Waals surface area contributed by atoms with Gasteiger partial charge in [-0.15, -0.1) is 0 Å². The van der Waals surface area contributed by atoms with Gasteiger partial charge in [0.05, 0.1) is 12.6 Å². The number of halogens is 1. The summed E-state index contributed by atoms with van der Waals surface area (Å²) in [6, 6.07) is 11.6. The van der Waals surface area contributed by atoms with Crippen molar-refractivity contribution in [1.82, 2.24) is 10.3 Å². The highest BCUT2D eigenvalue weighted by Crippen LogP contribution is 2.29. The van der Waals surface area contributed by atoms with Gasteiger partial charge in [-0.3, -0.25) is 4.79 Å². The highest BCUT2D eigenvalue weighted by atomic mass is 19.1. The quantitative estimate of drug-likeness (QED) is 0.663. The van der Waals surface area contributed by atoms with Crippen molar-refractivity contribution in [2.45, 2.75) is 19.9 Å². The summed E-state index contributed by atoms with van der Waals surface area (Å²) in [6.07, 6.45) is 1.83. The highest BCUT2D eigenvalue weighted by molar-refractivity contribution is 5.97. The van der Waals surface area contributed by atoms with Crippen molar-refractivity contribution >= 4 is 16.8 Å². The molecular formula is C20H21FN2O2. The summed E-state index contributed by atoms with van der Waals surface area (Å²) in [5.41, 5.74) is 3.17. The number of H-pyrrole nitrogens is 1. The number of aliphatic hydroxyl groups excluding tert-OH is 1. The summed E-state index contributed by atoms with van der Waals surface area (Å²) in [7, 11) is 0. The number of aromatic amines is 1. The van der Waals surface area contributed by atoms with E-state index in [2.05, 4.69) is 10.3 Å². The second-order valence-electron chi connectivity index (χ2n) is 6.48. The second kappa shape index (κ2) is 7.07. The molecule has 5 heteroatoms. The summed E-state index contributed by atoms with van der Waals surface area (Å²) in [4.78, 5) is 15.4. The summed E-state index contributed by atoms with van der Waals surface area (Å²) in [6.45, 7) is 3.81. The molecule has 3 rings (SSSR count). The van der Waals surface area contributed by atoms with Gasteiger partial charge in [-0.05, 0) is 41.8 Å². The van der Waals surface area contributed by atoms with E-state index in [0.29, 0.717) is 5.56 Å². The molecule has 0 bridgehead atoms. The maximum Gasteiger partial charge on any atom is 0.251 e. The minimum absolute atomic E-state index is 0.0899. The molecule has 0 aliphatic rings. The minimum Gasteiger partial charge on any atom is -0.394 e. The van der Waals surface area contributed by atoms with Gasteiger partial charge < -0.3 is 15.4 Å². The topological polar surface area (TPSA) is 65.1 Å². The van der Waals surface area contributed by atoms with Crippen LogP contribution in [0.1, 0.15) is 24.2 Å². The number of nitrogens with one attached hydrogen (secondary N) is 2. The third-order valence-electron chi connectivity index (χ3n) is 4.42. The maximum absolute atomic E-state index is 13.3. The molecule has 2 aromatic carbocycles. The van der Waals surface area contributed by atoms with E-state index in [1.165, 1.54) is 12.1 Å². The van der Waals surface area contributed by atoms with Crippen molar-refractivity contribution in [3.05, 3.63) is 60.0 Å². The van der Waals surface area contributed by atoms with Gasteiger partial charge in [0.1, 0.15) is 5.82 Å². The third-order valence-corrected chi connectivity index (χ3v) is 4.42. The van der Waals surface area contributed by atoms with Gasteiger partial charge in [0.25, 0.3) is 5.91 Å². The van der Waals surface area contributed by atoms with Gasteiger partial charge in [0, 0.05) is 28.2 Å². The van der Waals surface area contributed by atoms with Crippen LogP contribution < -0.4 is 5.32 Å². The van der Waals surface area contributed by atoms with Crippen molar-refractivity contribution in [1.29, 1.82) is 0 Å². The molecule has 4 nitrogen and oxygen atoms in total. The van der Waals surface area contributed by atoms with E-state index in [4.69, 9.17) is 0 Å². The molecule has 3 N–H and O–H groups in total. The molecule has 0 aliphatic carbocycles. The Bertz CT molecular complexity index is 884. The van der Waals surface area contributed by atoms with Crippen molar-refractivity contribution in [3.63, 3.8) is 0 Å². The lowest BCUT2D eigenvalue weighted by atomic mass is 10.0. The first-order valence-electron chi connectivity index (χ1n) is 8.28. The first kappa shape index (κ1) is 17.2. The van der Waals surface area contributed by atoms with Crippen LogP contribution in [0.2, 0.25) is 0 Å². The predicted molar refractivity (Wildman–Crippen MR) is 96.9 cm³/mol. The summed E-state index contributed by atoms with van der Waals surface area (Å²) >= 11 is 0. The highest BCUT2D eigenvalue weighted by Gasteiger charge is 2.16. The van der Waals surface area contributed by atoms with Crippen LogP contribution in [0.3, 0.4) is 0 Å². The van der Waals surface area contributed by atoms with E-state index in [-0.39, 0.29) is 30.3 Å². The van der Waals surface area contributed by atoms with Gasteiger partial charge in [-0.2, -0.15) is 0 Å². The van der Waals surface area contributed by atoms with Gasteiger partial charge in [0.15, 0.2) is 0 Å². The summed E-state index contributed by atoms with van der Waals surface area (Å²) in [5.74, 6) is -0.336. The Labute approximate surface area is 145 Å². The Morgan fingerprint density at radius 1 is 1.20 bits per heavy atom. The Morgan fingerprint density at radius 2 is 1.92 bits per heavy atom. The number of carbonyl (C=O) groups excluding carboxylic acids is 1. The molecular weight excluding hydrogens is 319 g/mol. The van der Waals surface area contributed by atoms with Crippen LogP contribution in [-0.4, -0.2) is 28.6 Å². The fraction of sp³-hybridized carbons (Fsp3) is 0.250. The van der Waals surface area contributed by atoms with E-state index in [1.807, 2.05) is 32.2 Å². The van der Waals surface area contributed by atoms with Crippen LogP contribution in [0.4, 0.5) is 4.39 Å². The molecule has 0 saturated heterocycles. The molecule has 25 heavy (non-hydrogen) atoms. The average molecular weight is 340 g/mol. The number of benzene rings is 2. The van der Waals surface area contributed by atoms with Crippen LogP contribution in [0.15, 0.2) is 48.7 Å². The lowest BCUT2D eigenvalue weighted by molar-refractivity contribution is 0.0897. The Kier molecular flexibility index (Phi) is 4.86. The first-order valence-corrected chi connectivity index (χ1v) is 8.28. The normalized spacial score (nSPS) is 12.5. The molecule has 0 radical (unpaired) electrons. The van der Waals surface area contributed by atoms with E-state index in [9.17, 15) is 14.3 Å². The number of hydrogen-bond donors (Lipinski definition) is 3. The van der Waals surface area contributed by atoms with Crippen LogP contribution in [0, 0.1) is 11.7 Å². The molecule has 1 amide bonds. The van der Waals surface area contributed by atoms with Crippen LogP contribution in [0.5, 0.6) is 0 Å².